The van der Waals surface area contributed by atoms with Crippen molar-refractivity contribution < 1.29 is 9.31 Å². The fourth-order valence-electron chi connectivity index (χ4n) is 4.40. The van der Waals surface area contributed by atoms with Crippen molar-refractivity contribution in [2.45, 2.75) is 68.9 Å². The molecule has 5 heteroatoms. The highest BCUT2D eigenvalue weighted by Crippen LogP contribution is 2.81. The Balaban J connectivity index is 1.54. The molecule has 3 saturated carbocycles. The number of hydrogen-bond donors (Lipinski definition) is 0. The van der Waals surface area contributed by atoms with Gasteiger partial charge in [-0.3, -0.25) is 0 Å². The second-order valence-corrected chi connectivity index (χ2v) is 9.23. The van der Waals surface area contributed by atoms with Gasteiger partial charge in [0.2, 0.25) is 0 Å². The van der Waals surface area contributed by atoms with Crippen molar-refractivity contribution in [3.05, 3.63) is 33.8 Å². The zero-order chi connectivity index (χ0) is 16.0. The highest BCUT2D eigenvalue weighted by Gasteiger charge is 2.77. The number of hydrogen-bond acceptors (Lipinski definition) is 2. The van der Waals surface area contributed by atoms with Crippen LogP contribution < -0.4 is 0 Å². The van der Waals surface area contributed by atoms with Crippen molar-refractivity contribution in [3.8, 4) is 0 Å². The molecule has 1 aromatic carbocycles. The molecular weight excluding hydrogens is 318 g/mol. The van der Waals surface area contributed by atoms with Gasteiger partial charge in [-0.25, -0.2) is 0 Å². The minimum Gasteiger partial charge on any atom is -0.403 e. The Morgan fingerprint density at radius 3 is 2.05 bits per heavy atom. The molecule has 2 nitrogen and oxygen atoms in total. The van der Waals surface area contributed by atoms with Crippen LogP contribution in [0.4, 0.5) is 0 Å². The van der Waals surface area contributed by atoms with E-state index in [1.807, 2.05) is 18.2 Å². The summed E-state index contributed by atoms with van der Waals surface area (Å²) in [5.74, 6) is 0. The third kappa shape index (κ3) is 1.83. The van der Waals surface area contributed by atoms with Crippen LogP contribution in [0.3, 0.4) is 0 Å². The lowest BCUT2D eigenvalue weighted by atomic mass is 9.23. The van der Waals surface area contributed by atoms with Crippen LogP contribution in [0.25, 0.3) is 0 Å². The molecule has 1 aliphatic heterocycles. The summed E-state index contributed by atoms with van der Waals surface area (Å²) in [6.45, 7) is 8.45. The molecule has 0 N–H and O–H groups in total. The van der Waals surface area contributed by atoms with Crippen LogP contribution in [-0.4, -0.2) is 18.3 Å². The minimum absolute atomic E-state index is 0.0997. The van der Waals surface area contributed by atoms with E-state index in [9.17, 15) is 0 Å². The molecule has 0 atom stereocenters. The maximum atomic E-state index is 6.39. The predicted molar refractivity (Wildman–Crippen MR) is 90.8 cm³/mol. The first-order valence-corrected chi connectivity index (χ1v) is 8.66. The Bertz CT molecular complexity index is 620. The van der Waals surface area contributed by atoms with Gasteiger partial charge in [0, 0.05) is 15.4 Å². The third-order valence-corrected chi connectivity index (χ3v) is 6.89. The molecule has 0 spiro atoms. The molecule has 0 radical (unpaired) electrons. The summed E-state index contributed by atoms with van der Waals surface area (Å²) >= 11 is 12.5. The first kappa shape index (κ1) is 15.3. The van der Waals surface area contributed by atoms with Crippen LogP contribution in [-0.2, 0) is 14.7 Å². The molecule has 2 bridgehead atoms. The van der Waals surface area contributed by atoms with E-state index in [-0.39, 0.29) is 29.0 Å². The summed E-state index contributed by atoms with van der Waals surface area (Å²) in [5.41, 5.74) is 0.869. The van der Waals surface area contributed by atoms with Crippen LogP contribution in [0, 0.1) is 0 Å². The molecule has 4 fully saturated rings. The zero-order valence-corrected chi connectivity index (χ0v) is 15.0. The minimum atomic E-state index is -0.256. The highest BCUT2D eigenvalue weighted by atomic mass is 35.5. The molecule has 1 aromatic rings. The number of benzene rings is 1. The maximum Gasteiger partial charge on any atom is 0.464 e. The number of halogens is 2. The fourth-order valence-corrected chi connectivity index (χ4v) is 4.89. The van der Waals surface area contributed by atoms with E-state index in [1.54, 1.807) is 0 Å². The van der Waals surface area contributed by atoms with E-state index in [0.29, 0.717) is 0 Å². The third-order valence-electron chi connectivity index (χ3n) is 6.32. The molecule has 4 aliphatic rings. The van der Waals surface area contributed by atoms with Gasteiger partial charge in [0.25, 0.3) is 0 Å². The Kier molecular flexibility index (Phi) is 2.96. The quantitative estimate of drug-likeness (QED) is 0.684. The normalized spacial score (nSPS) is 37.6. The summed E-state index contributed by atoms with van der Waals surface area (Å²) in [6.07, 6.45) is 3.24. The Hall–Kier alpha value is -0.215. The van der Waals surface area contributed by atoms with Crippen molar-refractivity contribution in [1.82, 2.24) is 0 Å². The summed E-state index contributed by atoms with van der Waals surface area (Å²) in [4.78, 5) is 0. The maximum absolute atomic E-state index is 6.39. The van der Waals surface area contributed by atoms with Crippen LogP contribution in [0.2, 0.25) is 15.4 Å². The smallest absolute Gasteiger partial charge is 0.403 e. The molecule has 1 heterocycles. The molecule has 118 valence electrons. The van der Waals surface area contributed by atoms with Gasteiger partial charge >= 0.3 is 7.12 Å². The number of rotatable bonds is 2. The van der Waals surface area contributed by atoms with Gasteiger partial charge in [-0.1, -0.05) is 23.2 Å². The van der Waals surface area contributed by atoms with Gasteiger partial charge in [-0.15, -0.1) is 0 Å². The Morgan fingerprint density at radius 2 is 1.50 bits per heavy atom. The first-order valence-electron chi connectivity index (χ1n) is 7.91. The topological polar surface area (TPSA) is 18.5 Å². The van der Waals surface area contributed by atoms with Crippen molar-refractivity contribution in [1.29, 1.82) is 0 Å². The summed E-state index contributed by atoms with van der Waals surface area (Å²) in [7, 11) is -0.0997. The summed E-state index contributed by atoms with van der Waals surface area (Å²) < 4.78 is 12.5. The molecular formula is C17H21BCl2O2. The van der Waals surface area contributed by atoms with Crippen LogP contribution in [0.5, 0.6) is 0 Å². The Morgan fingerprint density at radius 1 is 0.955 bits per heavy atom. The second-order valence-electron chi connectivity index (χ2n) is 8.39. The van der Waals surface area contributed by atoms with Crippen LogP contribution >= 0.6 is 23.2 Å². The van der Waals surface area contributed by atoms with Gasteiger partial charge in [-0.05, 0) is 76.1 Å². The molecule has 0 aromatic heterocycles. The highest BCUT2D eigenvalue weighted by molar-refractivity contribution is 6.51. The fraction of sp³-hybridized carbons (Fsp3) is 0.647. The predicted octanol–water partition coefficient (Wildman–Crippen LogP) is 5.26. The van der Waals surface area contributed by atoms with Gasteiger partial charge in [0.1, 0.15) is 0 Å². The van der Waals surface area contributed by atoms with E-state index in [2.05, 4.69) is 27.7 Å². The zero-order valence-electron chi connectivity index (χ0n) is 13.5. The molecule has 1 saturated heterocycles. The van der Waals surface area contributed by atoms with Crippen LogP contribution in [0.15, 0.2) is 18.2 Å². The molecule has 5 rings (SSSR count). The average Bonchev–Trinajstić information content (AvgIpc) is 2.49. The largest absolute Gasteiger partial charge is 0.464 e. The Labute approximate surface area is 142 Å². The monoisotopic (exact) mass is 338 g/mol. The van der Waals surface area contributed by atoms with E-state index in [4.69, 9.17) is 32.5 Å². The van der Waals surface area contributed by atoms with Crippen LogP contribution in [0.1, 0.15) is 52.5 Å². The van der Waals surface area contributed by atoms with Gasteiger partial charge < -0.3 is 9.31 Å². The van der Waals surface area contributed by atoms with Gasteiger partial charge in [0.15, 0.2) is 0 Å². The lowest BCUT2D eigenvalue weighted by Gasteiger charge is -2.71. The first-order chi connectivity index (χ1) is 10.1. The van der Waals surface area contributed by atoms with E-state index in [0.717, 1.165) is 29.3 Å². The van der Waals surface area contributed by atoms with Crippen molar-refractivity contribution in [2.24, 2.45) is 0 Å². The van der Waals surface area contributed by atoms with Gasteiger partial charge in [0.05, 0.1) is 11.2 Å². The lowest BCUT2D eigenvalue weighted by Crippen LogP contribution is -2.66. The van der Waals surface area contributed by atoms with E-state index in [1.165, 1.54) is 5.56 Å². The SMILES string of the molecule is CC1(C)OB(C23CC(c4cc(Cl)ccc4Cl)(C2)C3)OC1(C)C. The van der Waals surface area contributed by atoms with Gasteiger partial charge in [-0.2, -0.15) is 0 Å². The molecule has 0 amide bonds. The average molecular weight is 339 g/mol. The molecule has 0 unspecified atom stereocenters. The van der Waals surface area contributed by atoms with Crippen molar-refractivity contribution in [2.75, 3.05) is 0 Å². The summed E-state index contributed by atoms with van der Waals surface area (Å²) in [5, 5.41) is 1.75. The molecule has 22 heavy (non-hydrogen) atoms. The standard InChI is InChI=1S/C17H21BCl2O2/c1-14(2)15(3,4)22-18(21-14)17-8-16(9-17,10-17)12-7-11(19)5-6-13(12)20/h5-7H,8-10H2,1-4H3. The van der Waals surface area contributed by atoms with Crippen molar-refractivity contribution in [3.63, 3.8) is 0 Å². The lowest BCUT2D eigenvalue weighted by molar-refractivity contribution is -0.0382. The van der Waals surface area contributed by atoms with E-state index >= 15 is 0 Å². The van der Waals surface area contributed by atoms with E-state index < -0.39 is 0 Å². The second kappa shape index (κ2) is 4.24. The van der Waals surface area contributed by atoms with Crippen molar-refractivity contribution >= 4 is 30.3 Å². The summed E-state index contributed by atoms with van der Waals surface area (Å²) in [6, 6.07) is 5.78. The molecule has 3 aliphatic carbocycles.